The van der Waals surface area contributed by atoms with Crippen molar-refractivity contribution in [3.05, 3.63) is 29.6 Å². The molecule has 0 aliphatic carbocycles. The van der Waals surface area contributed by atoms with Crippen LogP contribution in [0.3, 0.4) is 0 Å². The minimum Gasteiger partial charge on any atom is -0.399 e. The fraction of sp³-hybridized carbons (Fsp3) is 0.333. The van der Waals surface area contributed by atoms with E-state index in [1.54, 1.807) is 0 Å². The molecule has 3 nitrogen and oxygen atoms in total. The number of nitrogens with zero attached hydrogens (tertiary/aromatic N) is 2. The van der Waals surface area contributed by atoms with Crippen molar-refractivity contribution < 1.29 is 8.78 Å². The van der Waals surface area contributed by atoms with Crippen LogP contribution in [-0.2, 0) is 5.41 Å². The largest absolute Gasteiger partial charge is 0.399 e. The van der Waals surface area contributed by atoms with Gasteiger partial charge in [-0.15, -0.1) is 0 Å². The number of nitrogen functional groups attached to an aromatic ring is 1. The molecule has 0 radical (unpaired) electrons. The summed E-state index contributed by atoms with van der Waals surface area (Å²) in [4.78, 5) is 4.18. The molecule has 7 heteroatoms. The highest BCUT2D eigenvalue weighted by atomic mass is 32.2. The van der Waals surface area contributed by atoms with Gasteiger partial charge < -0.3 is 5.73 Å². The number of hydrogen-bond acceptors (Lipinski definition) is 5. The van der Waals surface area contributed by atoms with Crippen LogP contribution >= 0.6 is 23.3 Å². The Hall–Kier alpha value is -1.21. The molecule has 1 aromatic carbocycles. The van der Waals surface area contributed by atoms with Gasteiger partial charge in [0.05, 0.1) is 4.90 Å². The van der Waals surface area contributed by atoms with E-state index in [4.69, 9.17) is 5.73 Å². The van der Waals surface area contributed by atoms with Gasteiger partial charge in [0.2, 0.25) is 0 Å². The molecule has 0 aliphatic rings. The van der Waals surface area contributed by atoms with Crippen LogP contribution in [0.25, 0.3) is 0 Å². The zero-order valence-electron chi connectivity index (χ0n) is 10.7. The van der Waals surface area contributed by atoms with Crippen LogP contribution in [0.15, 0.2) is 21.4 Å². The molecule has 0 spiro atoms. The number of halogens is 2. The first kappa shape index (κ1) is 14.2. The monoisotopic (exact) mass is 301 g/mol. The van der Waals surface area contributed by atoms with Crippen molar-refractivity contribution in [2.45, 2.75) is 35.4 Å². The zero-order chi connectivity index (χ0) is 14.2. The molecule has 102 valence electrons. The lowest BCUT2D eigenvalue weighted by Gasteiger charge is -2.12. The minimum absolute atomic E-state index is 0.0620. The van der Waals surface area contributed by atoms with Gasteiger partial charge in [-0.1, -0.05) is 32.5 Å². The standard InChI is InChI=1S/C12H13F2N3S2/c1-12(2,3)10-16-11(19-17-10)18-9-7(13)4-6(15)5-8(9)14/h4-5H,15H2,1-3H3. The van der Waals surface area contributed by atoms with E-state index in [2.05, 4.69) is 9.36 Å². The third-order valence-corrected chi connectivity index (χ3v) is 4.13. The third-order valence-electron chi connectivity index (χ3n) is 2.29. The molecule has 2 aromatic rings. The molecular weight excluding hydrogens is 288 g/mol. The predicted octanol–water partition coefficient (Wildman–Crippen LogP) is 3.85. The molecule has 0 aliphatic heterocycles. The Morgan fingerprint density at radius 1 is 1.21 bits per heavy atom. The molecule has 1 aromatic heterocycles. The average Bonchev–Trinajstić information content (AvgIpc) is 2.71. The smallest absolute Gasteiger partial charge is 0.175 e. The average molecular weight is 301 g/mol. The summed E-state index contributed by atoms with van der Waals surface area (Å²) in [7, 11) is 0. The quantitative estimate of drug-likeness (QED) is 0.856. The van der Waals surface area contributed by atoms with Crippen molar-refractivity contribution in [3.8, 4) is 0 Å². The van der Waals surface area contributed by atoms with Crippen molar-refractivity contribution in [3.63, 3.8) is 0 Å². The van der Waals surface area contributed by atoms with Crippen LogP contribution in [0.4, 0.5) is 14.5 Å². The van der Waals surface area contributed by atoms with Crippen LogP contribution < -0.4 is 5.73 Å². The summed E-state index contributed by atoms with van der Waals surface area (Å²) in [5.74, 6) is -0.707. The Morgan fingerprint density at radius 3 is 2.26 bits per heavy atom. The highest BCUT2D eigenvalue weighted by Gasteiger charge is 2.21. The fourth-order valence-electron chi connectivity index (χ4n) is 1.32. The molecule has 0 saturated carbocycles. The molecular formula is C12H13F2N3S2. The van der Waals surface area contributed by atoms with Crippen LogP contribution in [0.1, 0.15) is 26.6 Å². The Labute approximate surface area is 118 Å². The fourth-order valence-corrected chi connectivity index (χ4v) is 3.06. The number of aromatic nitrogens is 2. The number of anilines is 1. The predicted molar refractivity (Wildman–Crippen MR) is 73.5 cm³/mol. The van der Waals surface area contributed by atoms with E-state index in [-0.39, 0.29) is 16.0 Å². The number of hydrogen-bond donors (Lipinski definition) is 1. The summed E-state index contributed by atoms with van der Waals surface area (Å²) in [6.45, 7) is 5.94. The maximum absolute atomic E-state index is 13.7. The second-order valence-corrected chi connectivity index (χ2v) is 7.06. The molecule has 0 fully saturated rings. The summed E-state index contributed by atoms with van der Waals surface area (Å²) in [5.41, 5.74) is 5.24. The molecule has 1 heterocycles. The first-order chi connectivity index (χ1) is 8.77. The molecule has 0 unspecified atom stereocenters. The molecule has 2 N–H and O–H groups in total. The van der Waals surface area contributed by atoms with Crippen molar-refractivity contribution in [2.24, 2.45) is 0 Å². The number of rotatable bonds is 2. The summed E-state index contributed by atoms with van der Waals surface area (Å²) in [5, 5.41) is 0. The summed E-state index contributed by atoms with van der Waals surface area (Å²) in [6.07, 6.45) is 0. The highest BCUT2D eigenvalue weighted by molar-refractivity contribution is 8.01. The highest BCUT2D eigenvalue weighted by Crippen LogP contribution is 2.35. The lowest BCUT2D eigenvalue weighted by molar-refractivity contribution is 0.541. The SMILES string of the molecule is CC(C)(C)c1nsc(Sc2c(F)cc(N)cc2F)n1. The van der Waals surface area contributed by atoms with Crippen LogP contribution in [0.5, 0.6) is 0 Å². The minimum atomic E-state index is -0.685. The van der Waals surface area contributed by atoms with Gasteiger partial charge in [0.1, 0.15) is 17.5 Å². The Morgan fingerprint density at radius 2 is 1.79 bits per heavy atom. The summed E-state index contributed by atoms with van der Waals surface area (Å²) >= 11 is 2.06. The van der Waals surface area contributed by atoms with Gasteiger partial charge in [-0.05, 0) is 23.7 Å². The van der Waals surface area contributed by atoms with Crippen molar-refractivity contribution in [1.82, 2.24) is 9.36 Å². The summed E-state index contributed by atoms with van der Waals surface area (Å²) < 4.78 is 32.0. The molecule has 0 amide bonds. The lowest BCUT2D eigenvalue weighted by atomic mass is 9.96. The zero-order valence-corrected chi connectivity index (χ0v) is 12.3. The van der Waals surface area contributed by atoms with E-state index in [9.17, 15) is 8.78 Å². The Kier molecular flexibility index (Phi) is 3.78. The van der Waals surface area contributed by atoms with Gasteiger partial charge in [0.15, 0.2) is 4.34 Å². The van der Waals surface area contributed by atoms with Crippen molar-refractivity contribution in [2.75, 3.05) is 5.73 Å². The molecule has 2 rings (SSSR count). The van der Waals surface area contributed by atoms with Crippen LogP contribution in [0.2, 0.25) is 0 Å². The van der Waals surface area contributed by atoms with E-state index in [0.29, 0.717) is 10.2 Å². The topological polar surface area (TPSA) is 51.8 Å². The number of benzene rings is 1. The van der Waals surface area contributed by atoms with Crippen molar-refractivity contribution >= 4 is 29.0 Å². The first-order valence-electron chi connectivity index (χ1n) is 5.54. The van der Waals surface area contributed by atoms with Gasteiger partial charge in [-0.3, -0.25) is 0 Å². The molecule has 0 saturated heterocycles. The molecule has 0 atom stereocenters. The van der Waals surface area contributed by atoms with E-state index in [0.717, 1.165) is 35.4 Å². The first-order valence-corrected chi connectivity index (χ1v) is 7.13. The van der Waals surface area contributed by atoms with E-state index < -0.39 is 11.6 Å². The molecule has 0 bridgehead atoms. The van der Waals surface area contributed by atoms with Gasteiger partial charge in [-0.25, -0.2) is 13.8 Å². The summed E-state index contributed by atoms with van der Waals surface area (Å²) in [6, 6.07) is 2.19. The third kappa shape index (κ3) is 3.22. The number of nitrogens with two attached hydrogens (primary N) is 1. The van der Waals surface area contributed by atoms with E-state index >= 15 is 0 Å². The normalized spacial score (nSPS) is 11.8. The van der Waals surface area contributed by atoms with Crippen molar-refractivity contribution in [1.29, 1.82) is 0 Å². The van der Waals surface area contributed by atoms with Gasteiger partial charge in [0, 0.05) is 11.1 Å². The van der Waals surface area contributed by atoms with Crippen LogP contribution in [-0.4, -0.2) is 9.36 Å². The van der Waals surface area contributed by atoms with Gasteiger partial charge >= 0.3 is 0 Å². The van der Waals surface area contributed by atoms with Gasteiger partial charge in [-0.2, -0.15) is 4.37 Å². The second kappa shape index (κ2) is 5.05. The lowest BCUT2D eigenvalue weighted by Crippen LogP contribution is -2.12. The maximum Gasteiger partial charge on any atom is 0.175 e. The second-order valence-electron chi connectivity index (χ2n) is 5.05. The van der Waals surface area contributed by atoms with E-state index in [1.165, 1.54) is 0 Å². The molecule has 19 heavy (non-hydrogen) atoms. The Bertz CT molecular complexity index is 582. The van der Waals surface area contributed by atoms with Crippen LogP contribution in [0, 0.1) is 11.6 Å². The van der Waals surface area contributed by atoms with Gasteiger partial charge in [0.25, 0.3) is 0 Å². The maximum atomic E-state index is 13.7. The Balaban J connectivity index is 2.30. The van der Waals surface area contributed by atoms with E-state index in [1.807, 2.05) is 20.8 Å².